The number of furan rings is 1. The molecule has 0 bridgehead atoms. The zero-order chi connectivity index (χ0) is 18.3. The van der Waals surface area contributed by atoms with Crippen molar-refractivity contribution in [1.29, 1.82) is 0 Å². The highest BCUT2D eigenvalue weighted by molar-refractivity contribution is 5.68. The first-order valence-electron chi connectivity index (χ1n) is 9.36. The summed E-state index contributed by atoms with van der Waals surface area (Å²) in [6.45, 7) is 13.2. The molecule has 1 aliphatic rings. The van der Waals surface area contributed by atoms with Gasteiger partial charge in [-0.05, 0) is 58.8 Å². The minimum absolute atomic E-state index is 0.196. The van der Waals surface area contributed by atoms with Gasteiger partial charge in [-0.3, -0.25) is 4.90 Å². The summed E-state index contributed by atoms with van der Waals surface area (Å²) in [6, 6.07) is 4.25. The fourth-order valence-corrected chi connectivity index (χ4v) is 3.00. The van der Waals surface area contributed by atoms with E-state index in [1.165, 1.54) is 0 Å². The second-order valence-corrected chi connectivity index (χ2v) is 7.59. The highest BCUT2D eigenvalue weighted by Gasteiger charge is 2.25. The molecule has 6 heteroatoms. The lowest BCUT2D eigenvalue weighted by molar-refractivity contribution is 0.0144. The molecule has 1 saturated heterocycles. The normalized spacial score (nSPS) is 17.5. The molecule has 1 aliphatic heterocycles. The number of hydrogen-bond acceptors (Lipinski definition) is 5. The van der Waals surface area contributed by atoms with Gasteiger partial charge < -0.3 is 19.4 Å². The van der Waals surface area contributed by atoms with Crippen LogP contribution in [0.2, 0.25) is 0 Å². The maximum Gasteiger partial charge on any atom is 0.410 e. The fourth-order valence-electron chi connectivity index (χ4n) is 3.00. The molecule has 1 amide bonds. The lowest BCUT2D eigenvalue weighted by Crippen LogP contribution is -2.50. The standard InChI is InChI=1S/C19H33N3O3/c1-5-16(17-8-6-15-24-17)20-9-7-10-21-11-13-22(14-12-21)18(23)25-19(2,3)4/h6,8,15-16,20H,5,7,9-14H2,1-4H3. The Bertz CT molecular complexity index is 502. The fraction of sp³-hybridized carbons (Fsp3) is 0.737. The van der Waals surface area contributed by atoms with Crippen molar-refractivity contribution in [2.45, 2.75) is 52.2 Å². The van der Waals surface area contributed by atoms with Crippen molar-refractivity contribution in [3.8, 4) is 0 Å². The largest absolute Gasteiger partial charge is 0.468 e. The molecule has 6 nitrogen and oxygen atoms in total. The maximum absolute atomic E-state index is 12.1. The summed E-state index contributed by atoms with van der Waals surface area (Å²) in [6.07, 6.45) is 3.63. The summed E-state index contributed by atoms with van der Waals surface area (Å²) in [5, 5.41) is 3.56. The predicted octanol–water partition coefficient (Wildman–Crippen LogP) is 3.26. The van der Waals surface area contributed by atoms with E-state index in [0.717, 1.165) is 57.9 Å². The molecule has 0 aromatic carbocycles. The van der Waals surface area contributed by atoms with Gasteiger partial charge in [0.1, 0.15) is 11.4 Å². The minimum atomic E-state index is -0.427. The minimum Gasteiger partial charge on any atom is -0.468 e. The topological polar surface area (TPSA) is 58.0 Å². The Morgan fingerprint density at radius 3 is 2.60 bits per heavy atom. The van der Waals surface area contributed by atoms with Crippen LogP contribution in [0.25, 0.3) is 0 Å². The number of piperazine rings is 1. The van der Waals surface area contributed by atoms with Crippen molar-refractivity contribution in [2.24, 2.45) is 0 Å². The van der Waals surface area contributed by atoms with Crippen LogP contribution >= 0.6 is 0 Å². The Labute approximate surface area is 151 Å². The average Bonchev–Trinajstić information content (AvgIpc) is 3.08. The zero-order valence-electron chi connectivity index (χ0n) is 16.1. The van der Waals surface area contributed by atoms with Gasteiger partial charge in [0, 0.05) is 26.2 Å². The average molecular weight is 351 g/mol. The lowest BCUT2D eigenvalue weighted by Gasteiger charge is -2.35. The van der Waals surface area contributed by atoms with Crippen molar-refractivity contribution in [2.75, 3.05) is 39.3 Å². The molecule has 1 fully saturated rings. The molecule has 0 radical (unpaired) electrons. The summed E-state index contributed by atoms with van der Waals surface area (Å²) in [7, 11) is 0. The van der Waals surface area contributed by atoms with Crippen LogP contribution in [-0.4, -0.2) is 60.8 Å². The van der Waals surface area contributed by atoms with Crippen LogP contribution in [0.5, 0.6) is 0 Å². The third-order valence-corrected chi connectivity index (χ3v) is 4.36. The Morgan fingerprint density at radius 2 is 2.04 bits per heavy atom. The summed E-state index contributed by atoms with van der Waals surface area (Å²) in [5.74, 6) is 1.01. The second-order valence-electron chi connectivity index (χ2n) is 7.59. The van der Waals surface area contributed by atoms with Crippen LogP contribution in [0.4, 0.5) is 4.79 Å². The summed E-state index contributed by atoms with van der Waals surface area (Å²) in [4.78, 5) is 16.3. The summed E-state index contributed by atoms with van der Waals surface area (Å²) >= 11 is 0. The maximum atomic E-state index is 12.1. The van der Waals surface area contributed by atoms with E-state index in [-0.39, 0.29) is 6.09 Å². The molecule has 1 N–H and O–H groups in total. The third-order valence-electron chi connectivity index (χ3n) is 4.36. The van der Waals surface area contributed by atoms with Crippen LogP contribution in [-0.2, 0) is 4.74 Å². The highest BCUT2D eigenvalue weighted by atomic mass is 16.6. The highest BCUT2D eigenvalue weighted by Crippen LogP contribution is 2.16. The second kappa shape index (κ2) is 9.25. The molecule has 25 heavy (non-hydrogen) atoms. The van der Waals surface area contributed by atoms with Gasteiger partial charge in [-0.2, -0.15) is 0 Å². The van der Waals surface area contributed by atoms with Crippen molar-refractivity contribution in [3.05, 3.63) is 24.2 Å². The van der Waals surface area contributed by atoms with E-state index in [9.17, 15) is 4.79 Å². The molecule has 1 aromatic rings. The number of carbonyl (C=O) groups is 1. The van der Waals surface area contributed by atoms with Crippen LogP contribution in [0.1, 0.15) is 52.3 Å². The number of hydrogen-bond donors (Lipinski definition) is 1. The van der Waals surface area contributed by atoms with Crippen LogP contribution < -0.4 is 5.32 Å². The third kappa shape index (κ3) is 6.71. The number of ether oxygens (including phenoxy) is 1. The number of nitrogens with one attached hydrogen (secondary N) is 1. The first-order valence-corrected chi connectivity index (χ1v) is 9.36. The number of nitrogens with zero attached hydrogens (tertiary/aromatic N) is 2. The number of rotatable bonds is 7. The van der Waals surface area contributed by atoms with Crippen molar-refractivity contribution in [1.82, 2.24) is 15.1 Å². The molecule has 1 atom stereocenters. The Hall–Kier alpha value is -1.53. The van der Waals surface area contributed by atoms with Gasteiger partial charge in [-0.15, -0.1) is 0 Å². The lowest BCUT2D eigenvalue weighted by atomic mass is 10.1. The van der Waals surface area contributed by atoms with E-state index in [0.29, 0.717) is 6.04 Å². The monoisotopic (exact) mass is 351 g/mol. The number of carbonyl (C=O) groups excluding carboxylic acids is 1. The molecule has 0 spiro atoms. The van der Waals surface area contributed by atoms with Gasteiger partial charge in [0.2, 0.25) is 0 Å². The van der Waals surface area contributed by atoms with Gasteiger partial charge >= 0.3 is 6.09 Å². The van der Waals surface area contributed by atoms with E-state index in [1.807, 2.05) is 37.8 Å². The van der Waals surface area contributed by atoms with Gasteiger partial charge in [-0.1, -0.05) is 6.92 Å². The zero-order valence-corrected chi connectivity index (χ0v) is 16.1. The Balaban J connectivity index is 1.61. The molecule has 0 saturated carbocycles. The van der Waals surface area contributed by atoms with Crippen LogP contribution in [0, 0.1) is 0 Å². The summed E-state index contributed by atoms with van der Waals surface area (Å²) < 4.78 is 10.9. The Morgan fingerprint density at radius 1 is 1.32 bits per heavy atom. The molecule has 142 valence electrons. The van der Waals surface area contributed by atoms with E-state index < -0.39 is 5.60 Å². The molecule has 0 aliphatic carbocycles. The van der Waals surface area contributed by atoms with Gasteiger partial charge in [0.05, 0.1) is 12.3 Å². The molecular formula is C19H33N3O3. The van der Waals surface area contributed by atoms with E-state index in [1.54, 1.807) is 6.26 Å². The molecule has 1 aromatic heterocycles. The first-order chi connectivity index (χ1) is 11.9. The van der Waals surface area contributed by atoms with Gasteiger partial charge in [0.25, 0.3) is 0 Å². The van der Waals surface area contributed by atoms with Crippen molar-refractivity contribution < 1.29 is 13.9 Å². The van der Waals surface area contributed by atoms with E-state index in [4.69, 9.17) is 9.15 Å². The summed E-state index contributed by atoms with van der Waals surface area (Å²) in [5.41, 5.74) is -0.427. The SMILES string of the molecule is CCC(NCCCN1CCN(C(=O)OC(C)(C)C)CC1)c1ccco1. The van der Waals surface area contributed by atoms with Crippen molar-refractivity contribution >= 4 is 6.09 Å². The quantitative estimate of drug-likeness (QED) is 0.764. The molecule has 1 unspecified atom stereocenters. The smallest absolute Gasteiger partial charge is 0.410 e. The molecule has 2 heterocycles. The van der Waals surface area contributed by atoms with Crippen LogP contribution in [0.3, 0.4) is 0 Å². The molecule has 2 rings (SSSR count). The van der Waals surface area contributed by atoms with Gasteiger partial charge in [-0.25, -0.2) is 4.79 Å². The number of amides is 1. The first kappa shape index (κ1) is 19.8. The molecular weight excluding hydrogens is 318 g/mol. The van der Waals surface area contributed by atoms with E-state index >= 15 is 0 Å². The van der Waals surface area contributed by atoms with E-state index in [2.05, 4.69) is 17.1 Å². The Kier molecular flexibility index (Phi) is 7.32. The predicted molar refractivity (Wildman–Crippen MR) is 98.6 cm³/mol. The van der Waals surface area contributed by atoms with Crippen LogP contribution in [0.15, 0.2) is 22.8 Å². The van der Waals surface area contributed by atoms with Crippen molar-refractivity contribution in [3.63, 3.8) is 0 Å². The van der Waals surface area contributed by atoms with Gasteiger partial charge in [0.15, 0.2) is 0 Å².